The molecule has 2 aromatic heterocycles. The van der Waals surface area contributed by atoms with Crippen molar-refractivity contribution < 1.29 is 5.11 Å². The van der Waals surface area contributed by atoms with E-state index in [2.05, 4.69) is 15.3 Å². The van der Waals surface area contributed by atoms with Crippen molar-refractivity contribution in [1.82, 2.24) is 19.7 Å². The van der Waals surface area contributed by atoms with E-state index in [0.717, 1.165) is 24.3 Å². The van der Waals surface area contributed by atoms with Crippen LogP contribution in [0.1, 0.15) is 12.1 Å². The number of hydrogen-bond donors (Lipinski definition) is 2. The van der Waals surface area contributed by atoms with Crippen molar-refractivity contribution in [3.8, 4) is 0 Å². The topological polar surface area (TPSA) is 62.5 Å². The molecule has 1 atom stereocenters. The third-order valence-corrected chi connectivity index (χ3v) is 3.13. The Kier molecular flexibility index (Phi) is 2.15. The maximum atomic E-state index is 10.3. The predicted molar refractivity (Wildman–Crippen MR) is 59.1 cm³/mol. The smallest absolute Gasteiger partial charge is 0.155 e. The molecule has 5 heteroatoms. The van der Waals surface area contributed by atoms with Gasteiger partial charge in [-0.3, -0.25) is 4.98 Å². The Balaban J connectivity index is 1.94. The minimum atomic E-state index is -0.626. The van der Waals surface area contributed by atoms with Crippen LogP contribution in [0, 0.1) is 0 Å². The first-order valence-electron chi connectivity index (χ1n) is 5.46. The van der Waals surface area contributed by atoms with Crippen LogP contribution in [0.25, 0.3) is 5.65 Å². The number of β-amino-alcohol motifs (C(OH)–C–C–N with tert-alkyl or cyclic N) is 1. The second-order valence-corrected chi connectivity index (χ2v) is 4.38. The van der Waals surface area contributed by atoms with E-state index in [1.807, 2.05) is 16.8 Å². The summed E-state index contributed by atoms with van der Waals surface area (Å²) in [4.78, 5) is 8.28. The molecule has 0 spiro atoms. The molecular weight excluding hydrogens is 204 g/mol. The van der Waals surface area contributed by atoms with Gasteiger partial charge < -0.3 is 14.8 Å². The average Bonchev–Trinajstić information content (AvgIpc) is 2.87. The molecule has 3 rings (SSSR count). The highest BCUT2D eigenvalue weighted by molar-refractivity contribution is 5.37. The summed E-state index contributed by atoms with van der Waals surface area (Å²) in [6.07, 6.45) is 8.57. The second-order valence-electron chi connectivity index (χ2n) is 4.38. The SMILES string of the molecule is OC1(Cc2cnc3cnccn23)CCNC1. The van der Waals surface area contributed by atoms with Gasteiger partial charge in [0.25, 0.3) is 0 Å². The van der Waals surface area contributed by atoms with Crippen LogP contribution < -0.4 is 5.32 Å². The number of aromatic nitrogens is 3. The molecule has 0 saturated carbocycles. The lowest BCUT2D eigenvalue weighted by molar-refractivity contribution is 0.0607. The number of nitrogens with zero attached hydrogens (tertiary/aromatic N) is 3. The van der Waals surface area contributed by atoms with Crippen LogP contribution in [0.4, 0.5) is 0 Å². The van der Waals surface area contributed by atoms with Gasteiger partial charge in [0.1, 0.15) is 0 Å². The summed E-state index contributed by atoms with van der Waals surface area (Å²) < 4.78 is 1.98. The first-order chi connectivity index (χ1) is 7.77. The number of rotatable bonds is 2. The summed E-state index contributed by atoms with van der Waals surface area (Å²) in [5.41, 5.74) is 1.23. The van der Waals surface area contributed by atoms with Crippen molar-refractivity contribution in [2.45, 2.75) is 18.4 Å². The summed E-state index contributed by atoms with van der Waals surface area (Å²) in [7, 11) is 0. The van der Waals surface area contributed by atoms with Gasteiger partial charge in [0.05, 0.1) is 11.8 Å². The summed E-state index contributed by atoms with van der Waals surface area (Å²) in [5.74, 6) is 0. The van der Waals surface area contributed by atoms with Crippen molar-refractivity contribution in [3.63, 3.8) is 0 Å². The molecule has 0 amide bonds. The summed E-state index contributed by atoms with van der Waals surface area (Å²) in [5, 5.41) is 13.5. The average molecular weight is 218 g/mol. The van der Waals surface area contributed by atoms with Crippen LogP contribution in [0.15, 0.2) is 24.8 Å². The molecular formula is C11H14N4O. The van der Waals surface area contributed by atoms with E-state index >= 15 is 0 Å². The number of hydrogen-bond acceptors (Lipinski definition) is 4. The lowest BCUT2D eigenvalue weighted by Crippen LogP contribution is -2.34. The van der Waals surface area contributed by atoms with Gasteiger partial charge in [-0.05, 0) is 13.0 Å². The summed E-state index contributed by atoms with van der Waals surface area (Å²) in [6.45, 7) is 1.54. The molecule has 0 aliphatic carbocycles. The van der Waals surface area contributed by atoms with E-state index in [1.165, 1.54) is 0 Å². The van der Waals surface area contributed by atoms with Crippen molar-refractivity contribution >= 4 is 5.65 Å². The van der Waals surface area contributed by atoms with Gasteiger partial charge >= 0.3 is 0 Å². The van der Waals surface area contributed by atoms with Crippen LogP contribution in [0.5, 0.6) is 0 Å². The largest absolute Gasteiger partial charge is 0.388 e. The lowest BCUT2D eigenvalue weighted by atomic mass is 9.97. The second kappa shape index (κ2) is 3.54. The van der Waals surface area contributed by atoms with Crippen LogP contribution in [0.2, 0.25) is 0 Å². The molecule has 1 aliphatic heterocycles. The van der Waals surface area contributed by atoms with Gasteiger partial charge in [0.15, 0.2) is 5.65 Å². The minimum absolute atomic E-state index is 0.626. The van der Waals surface area contributed by atoms with Gasteiger partial charge in [-0.1, -0.05) is 0 Å². The van der Waals surface area contributed by atoms with Crippen molar-refractivity contribution in [2.24, 2.45) is 0 Å². The molecule has 3 heterocycles. The standard InChI is InChI=1S/C11H14N4O/c16-11(1-2-13-8-11)5-9-6-14-10-7-12-3-4-15(9)10/h3-4,6-7,13,16H,1-2,5,8H2. The number of imidazole rings is 1. The molecule has 1 aliphatic rings. The van der Waals surface area contributed by atoms with E-state index in [-0.39, 0.29) is 0 Å². The molecule has 0 bridgehead atoms. The minimum Gasteiger partial charge on any atom is -0.388 e. The van der Waals surface area contributed by atoms with E-state index in [0.29, 0.717) is 13.0 Å². The van der Waals surface area contributed by atoms with E-state index in [1.54, 1.807) is 12.4 Å². The summed E-state index contributed by atoms with van der Waals surface area (Å²) in [6, 6.07) is 0. The third-order valence-electron chi connectivity index (χ3n) is 3.13. The normalized spacial score (nSPS) is 25.3. The fourth-order valence-electron chi connectivity index (χ4n) is 2.24. The molecule has 1 saturated heterocycles. The summed E-state index contributed by atoms with van der Waals surface area (Å²) >= 11 is 0. The molecule has 0 radical (unpaired) electrons. The van der Waals surface area contributed by atoms with Crippen molar-refractivity contribution in [2.75, 3.05) is 13.1 Å². The number of aliphatic hydroxyl groups is 1. The quantitative estimate of drug-likeness (QED) is 0.744. The Bertz CT molecular complexity index is 501. The third kappa shape index (κ3) is 1.58. The van der Waals surface area contributed by atoms with Crippen LogP contribution in [-0.4, -0.2) is 38.2 Å². The lowest BCUT2D eigenvalue weighted by Gasteiger charge is -2.20. The molecule has 84 valence electrons. The Labute approximate surface area is 93.2 Å². The van der Waals surface area contributed by atoms with E-state index in [4.69, 9.17) is 0 Å². The van der Waals surface area contributed by atoms with Gasteiger partial charge in [0, 0.05) is 37.3 Å². The fraction of sp³-hybridized carbons (Fsp3) is 0.455. The molecule has 1 fully saturated rings. The predicted octanol–water partition coefficient (Wildman–Crippen LogP) is -0.00380. The van der Waals surface area contributed by atoms with Crippen LogP contribution >= 0.6 is 0 Å². The van der Waals surface area contributed by atoms with Crippen LogP contribution in [-0.2, 0) is 6.42 Å². The van der Waals surface area contributed by atoms with Crippen molar-refractivity contribution in [1.29, 1.82) is 0 Å². The molecule has 2 aromatic rings. The maximum Gasteiger partial charge on any atom is 0.155 e. The number of nitrogens with one attached hydrogen (secondary N) is 1. The number of fused-ring (bicyclic) bond motifs is 1. The van der Waals surface area contributed by atoms with Gasteiger partial charge in [-0.25, -0.2) is 4.98 Å². The highest BCUT2D eigenvalue weighted by atomic mass is 16.3. The maximum absolute atomic E-state index is 10.3. The molecule has 16 heavy (non-hydrogen) atoms. The van der Waals surface area contributed by atoms with Gasteiger partial charge in [-0.15, -0.1) is 0 Å². The first-order valence-corrected chi connectivity index (χ1v) is 5.46. The zero-order valence-corrected chi connectivity index (χ0v) is 8.93. The Morgan fingerprint density at radius 3 is 3.25 bits per heavy atom. The highest BCUT2D eigenvalue weighted by Crippen LogP contribution is 2.20. The Morgan fingerprint density at radius 1 is 1.50 bits per heavy atom. The highest BCUT2D eigenvalue weighted by Gasteiger charge is 2.32. The zero-order chi connectivity index (χ0) is 11.0. The monoisotopic (exact) mass is 218 g/mol. The van der Waals surface area contributed by atoms with Crippen LogP contribution in [0.3, 0.4) is 0 Å². The van der Waals surface area contributed by atoms with Gasteiger partial charge in [-0.2, -0.15) is 0 Å². The fourth-order valence-corrected chi connectivity index (χ4v) is 2.24. The Morgan fingerprint density at radius 2 is 2.44 bits per heavy atom. The molecule has 1 unspecified atom stereocenters. The van der Waals surface area contributed by atoms with E-state index in [9.17, 15) is 5.11 Å². The zero-order valence-electron chi connectivity index (χ0n) is 8.93. The first kappa shape index (κ1) is 9.74. The van der Waals surface area contributed by atoms with E-state index < -0.39 is 5.60 Å². The van der Waals surface area contributed by atoms with Gasteiger partial charge in [0.2, 0.25) is 0 Å². The van der Waals surface area contributed by atoms with Crippen molar-refractivity contribution in [3.05, 3.63) is 30.5 Å². The molecule has 5 nitrogen and oxygen atoms in total. The molecule has 2 N–H and O–H groups in total. The Hall–Kier alpha value is -1.46. The molecule has 0 aromatic carbocycles.